The van der Waals surface area contributed by atoms with Crippen molar-refractivity contribution in [1.82, 2.24) is 9.97 Å². The van der Waals surface area contributed by atoms with Crippen molar-refractivity contribution >= 4 is 11.0 Å². The van der Waals surface area contributed by atoms with Crippen molar-refractivity contribution in [3.8, 4) is 17.5 Å². The van der Waals surface area contributed by atoms with Gasteiger partial charge in [-0.3, -0.25) is 0 Å². The van der Waals surface area contributed by atoms with Gasteiger partial charge in [0.1, 0.15) is 5.82 Å². The molecule has 0 aliphatic carbocycles. The van der Waals surface area contributed by atoms with Crippen LogP contribution in [0.5, 0.6) is 0 Å². The second-order valence-corrected chi connectivity index (χ2v) is 5.42. The van der Waals surface area contributed by atoms with Crippen LogP contribution < -0.4 is 0 Å². The Labute approximate surface area is 117 Å². The summed E-state index contributed by atoms with van der Waals surface area (Å²) in [6, 6.07) is 18.3. The van der Waals surface area contributed by atoms with Crippen molar-refractivity contribution in [1.29, 1.82) is 5.26 Å². The van der Waals surface area contributed by atoms with Gasteiger partial charge in [0, 0.05) is 5.56 Å². The number of aromatic nitrogens is 2. The number of rotatable bonds is 2. The molecule has 0 amide bonds. The molecule has 0 saturated carbocycles. The molecular formula is C17H15N3. The van der Waals surface area contributed by atoms with Crippen LogP contribution in [0.1, 0.15) is 19.4 Å². The molecule has 0 aliphatic rings. The Bertz CT molecular complexity index is 792. The van der Waals surface area contributed by atoms with Crippen molar-refractivity contribution in [2.24, 2.45) is 0 Å². The summed E-state index contributed by atoms with van der Waals surface area (Å²) in [6.45, 7) is 3.84. The van der Waals surface area contributed by atoms with Gasteiger partial charge >= 0.3 is 0 Å². The van der Waals surface area contributed by atoms with Gasteiger partial charge < -0.3 is 4.98 Å². The third kappa shape index (κ3) is 2.06. The highest BCUT2D eigenvalue weighted by Gasteiger charge is 2.20. The summed E-state index contributed by atoms with van der Waals surface area (Å²) in [5, 5.41) is 9.23. The summed E-state index contributed by atoms with van der Waals surface area (Å²) < 4.78 is 0. The van der Waals surface area contributed by atoms with Crippen LogP contribution >= 0.6 is 0 Å². The molecule has 1 aromatic heterocycles. The molecule has 0 aliphatic heterocycles. The van der Waals surface area contributed by atoms with Crippen LogP contribution in [0.25, 0.3) is 22.4 Å². The van der Waals surface area contributed by atoms with E-state index in [1.165, 1.54) is 0 Å². The van der Waals surface area contributed by atoms with E-state index in [-0.39, 0.29) is 0 Å². The largest absolute Gasteiger partial charge is 0.338 e. The molecule has 0 radical (unpaired) electrons. The number of nitriles is 1. The quantitative estimate of drug-likeness (QED) is 0.757. The minimum Gasteiger partial charge on any atom is -0.338 e. The predicted molar refractivity (Wildman–Crippen MR) is 80.2 cm³/mol. The van der Waals surface area contributed by atoms with E-state index in [1.54, 1.807) is 0 Å². The van der Waals surface area contributed by atoms with Crippen molar-refractivity contribution in [2.45, 2.75) is 19.3 Å². The van der Waals surface area contributed by atoms with E-state index < -0.39 is 5.41 Å². The molecule has 0 fully saturated rings. The summed E-state index contributed by atoms with van der Waals surface area (Å²) in [5.41, 5.74) is 3.44. The number of fused-ring (bicyclic) bond motifs is 1. The first-order chi connectivity index (χ1) is 9.60. The summed E-state index contributed by atoms with van der Waals surface area (Å²) in [4.78, 5) is 7.92. The lowest BCUT2D eigenvalue weighted by Gasteiger charge is -2.15. The Kier molecular flexibility index (Phi) is 2.80. The minimum absolute atomic E-state index is 0.494. The van der Waals surface area contributed by atoms with Gasteiger partial charge in [-0.05, 0) is 31.5 Å². The van der Waals surface area contributed by atoms with Crippen LogP contribution in [0.3, 0.4) is 0 Å². The third-order valence-corrected chi connectivity index (χ3v) is 3.53. The highest BCUT2D eigenvalue weighted by molar-refractivity contribution is 5.80. The fourth-order valence-corrected chi connectivity index (χ4v) is 2.20. The number of imidazole rings is 1. The first kappa shape index (κ1) is 12.4. The van der Waals surface area contributed by atoms with E-state index in [9.17, 15) is 5.26 Å². The van der Waals surface area contributed by atoms with E-state index in [1.807, 2.05) is 62.4 Å². The van der Waals surface area contributed by atoms with Crippen molar-refractivity contribution < 1.29 is 0 Å². The first-order valence-electron chi connectivity index (χ1n) is 6.57. The van der Waals surface area contributed by atoms with E-state index >= 15 is 0 Å². The van der Waals surface area contributed by atoms with Crippen molar-refractivity contribution in [2.75, 3.05) is 0 Å². The Balaban J connectivity index is 2.12. The minimum atomic E-state index is -0.494. The van der Waals surface area contributed by atoms with Crippen LogP contribution in [0.15, 0.2) is 48.5 Å². The Morgan fingerprint density at radius 1 is 1.10 bits per heavy atom. The maximum Gasteiger partial charge on any atom is 0.138 e. The lowest BCUT2D eigenvalue weighted by Crippen LogP contribution is -2.13. The second kappa shape index (κ2) is 4.50. The zero-order valence-electron chi connectivity index (χ0n) is 11.5. The van der Waals surface area contributed by atoms with Gasteiger partial charge in [0.15, 0.2) is 0 Å². The average molecular weight is 261 g/mol. The van der Waals surface area contributed by atoms with E-state index in [0.717, 1.165) is 28.0 Å². The number of benzene rings is 2. The molecule has 0 unspecified atom stereocenters. The summed E-state index contributed by atoms with van der Waals surface area (Å²) in [7, 11) is 0. The maximum atomic E-state index is 9.23. The molecule has 20 heavy (non-hydrogen) atoms. The number of hydrogen-bond acceptors (Lipinski definition) is 2. The van der Waals surface area contributed by atoms with Gasteiger partial charge in [-0.2, -0.15) is 5.26 Å². The van der Waals surface area contributed by atoms with Crippen LogP contribution in [0.4, 0.5) is 0 Å². The van der Waals surface area contributed by atoms with Crippen molar-refractivity contribution in [3.05, 3.63) is 54.1 Å². The predicted octanol–water partition coefficient (Wildman–Crippen LogP) is 4.03. The normalized spacial score (nSPS) is 11.4. The van der Waals surface area contributed by atoms with Crippen LogP contribution in [0, 0.1) is 11.3 Å². The molecule has 2 aromatic carbocycles. The van der Waals surface area contributed by atoms with E-state index in [2.05, 4.69) is 16.0 Å². The number of hydrogen-bond donors (Lipinski definition) is 1. The van der Waals surface area contributed by atoms with Gasteiger partial charge in [0.25, 0.3) is 0 Å². The molecule has 0 spiro atoms. The molecule has 0 atom stereocenters. The lowest BCUT2D eigenvalue weighted by molar-refractivity contribution is 0.688. The zero-order chi connectivity index (χ0) is 14.2. The number of aromatic amines is 1. The molecule has 3 rings (SSSR count). The van der Waals surface area contributed by atoms with Gasteiger partial charge in [0.2, 0.25) is 0 Å². The highest BCUT2D eigenvalue weighted by Crippen LogP contribution is 2.27. The van der Waals surface area contributed by atoms with Gasteiger partial charge in [-0.25, -0.2) is 4.98 Å². The SMILES string of the molecule is CC(C)(C#N)c1ccc2nc(-c3ccccc3)[nH]c2c1. The maximum absolute atomic E-state index is 9.23. The molecule has 3 aromatic rings. The molecule has 1 N–H and O–H groups in total. The molecule has 3 heteroatoms. The van der Waals surface area contributed by atoms with Crippen LogP contribution in [0.2, 0.25) is 0 Å². The fourth-order valence-electron chi connectivity index (χ4n) is 2.20. The summed E-state index contributed by atoms with van der Waals surface area (Å²) >= 11 is 0. The molecule has 1 heterocycles. The Morgan fingerprint density at radius 3 is 2.55 bits per heavy atom. The monoisotopic (exact) mass is 261 g/mol. The summed E-state index contributed by atoms with van der Waals surface area (Å²) in [5.74, 6) is 0.854. The lowest BCUT2D eigenvalue weighted by atomic mass is 9.86. The van der Waals surface area contributed by atoms with Crippen molar-refractivity contribution in [3.63, 3.8) is 0 Å². The fraction of sp³-hybridized carbons (Fsp3) is 0.176. The standard InChI is InChI=1S/C17H15N3/c1-17(2,11-18)13-8-9-14-15(10-13)20-16(19-14)12-6-4-3-5-7-12/h3-10H,1-2H3,(H,19,20). The van der Waals surface area contributed by atoms with Gasteiger partial charge in [-0.1, -0.05) is 36.4 Å². The smallest absolute Gasteiger partial charge is 0.138 e. The zero-order valence-corrected chi connectivity index (χ0v) is 11.5. The van der Waals surface area contributed by atoms with Gasteiger partial charge in [-0.15, -0.1) is 0 Å². The third-order valence-electron chi connectivity index (χ3n) is 3.53. The van der Waals surface area contributed by atoms with E-state index in [4.69, 9.17) is 0 Å². The highest BCUT2D eigenvalue weighted by atomic mass is 14.9. The number of nitrogens with one attached hydrogen (secondary N) is 1. The topological polar surface area (TPSA) is 52.5 Å². The molecule has 0 saturated heterocycles. The van der Waals surface area contributed by atoms with Crippen LogP contribution in [-0.4, -0.2) is 9.97 Å². The first-order valence-corrected chi connectivity index (χ1v) is 6.57. The van der Waals surface area contributed by atoms with Crippen LogP contribution in [-0.2, 0) is 5.41 Å². The molecule has 0 bridgehead atoms. The molecule has 98 valence electrons. The average Bonchev–Trinajstić information content (AvgIpc) is 2.91. The summed E-state index contributed by atoms with van der Waals surface area (Å²) in [6.07, 6.45) is 0. The second-order valence-electron chi connectivity index (χ2n) is 5.42. The Morgan fingerprint density at radius 2 is 1.85 bits per heavy atom. The number of H-pyrrole nitrogens is 1. The van der Waals surface area contributed by atoms with E-state index in [0.29, 0.717) is 0 Å². The Hall–Kier alpha value is -2.60. The molecule has 3 nitrogen and oxygen atoms in total. The molecular weight excluding hydrogens is 246 g/mol. The van der Waals surface area contributed by atoms with Gasteiger partial charge in [0.05, 0.1) is 22.5 Å². The number of nitrogens with zero attached hydrogens (tertiary/aromatic N) is 2.